The van der Waals surface area contributed by atoms with Crippen LogP contribution in [-0.2, 0) is 22.6 Å². The molecule has 1 aliphatic rings. The molecule has 3 aromatic rings. The highest BCUT2D eigenvalue weighted by Gasteiger charge is 2.21. The minimum Gasteiger partial charge on any atom is -0.421 e. The van der Waals surface area contributed by atoms with Crippen molar-refractivity contribution in [3.63, 3.8) is 0 Å². The molecule has 7 nitrogen and oxygen atoms in total. The molecule has 2 aromatic heterocycles. The normalized spacial score (nSPS) is 13.9. The number of nitrogens with zero attached hydrogens (tertiary/aromatic N) is 3. The van der Waals surface area contributed by atoms with Crippen molar-refractivity contribution < 1.29 is 14.0 Å². The molecular formula is C20H20N4O3S. The molecule has 0 spiro atoms. The fraction of sp³-hybridized carbons (Fsp3) is 0.300. The van der Waals surface area contributed by atoms with E-state index in [1.807, 2.05) is 41.1 Å². The van der Waals surface area contributed by atoms with Gasteiger partial charge in [0.25, 0.3) is 0 Å². The van der Waals surface area contributed by atoms with Gasteiger partial charge in [-0.3, -0.25) is 9.59 Å². The predicted molar refractivity (Wildman–Crippen MR) is 106 cm³/mol. The number of hydrogen-bond donors (Lipinski definition) is 1. The van der Waals surface area contributed by atoms with Crippen molar-refractivity contribution in [1.29, 1.82) is 0 Å². The molecule has 8 heteroatoms. The van der Waals surface area contributed by atoms with E-state index in [1.165, 1.54) is 0 Å². The molecule has 0 unspecified atom stereocenters. The summed E-state index contributed by atoms with van der Waals surface area (Å²) in [6, 6.07) is 9.64. The second-order valence-corrected chi connectivity index (χ2v) is 7.39. The van der Waals surface area contributed by atoms with E-state index in [-0.39, 0.29) is 18.2 Å². The van der Waals surface area contributed by atoms with E-state index in [4.69, 9.17) is 4.42 Å². The molecule has 4 rings (SSSR count). The molecule has 1 aromatic carbocycles. The van der Waals surface area contributed by atoms with Crippen molar-refractivity contribution in [3.8, 4) is 11.5 Å². The van der Waals surface area contributed by atoms with Crippen LogP contribution in [0.5, 0.6) is 0 Å². The van der Waals surface area contributed by atoms with Crippen LogP contribution >= 0.6 is 11.3 Å². The molecule has 1 fully saturated rings. The molecule has 2 amide bonds. The van der Waals surface area contributed by atoms with E-state index in [1.54, 1.807) is 16.2 Å². The highest BCUT2D eigenvalue weighted by atomic mass is 32.1. The summed E-state index contributed by atoms with van der Waals surface area (Å²) in [5.41, 5.74) is 2.80. The third-order valence-corrected chi connectivity index (χ3v) is 5.30. The minimum atomic E-state index is -0.0749. The Bertz CT molecular complexity index is 950. The first-order valence-corrected chi connectivity index (χ1v) is 10.1. The number of carbonyl (C=O) groups excluding carboxylic acids is 2. The van der Waals surface area contributed by atoms with E-state index in [2.05, 4.69) is 15.5 Å². The molecule has 1 saturated heterocycles. The highest BCUT2D eigenvalue weighted by Crippen LogP contribution is 2.22. The van der Waals surface area contributed by atoms with Gasteiger partial charge in [-0.15, -0.1) is 10.2 Å². The van der Waals surface area contributed by atoms with Crippen LogP contribution in [0.3, 0.4) is 0 Å². The van der Waals surface area contributed by atoms with Crippen molar-refractivity contribution in [3.05, 3.63) is 52.5 Å². The van der Waals surface area contributed by atoms with Gasteiger partial charge in [-0.25, -0.2) is 0 Å². The van der Waals surface area contributed by atoms with Crippen LogP contribution in [-0.4, -0.2) is 28.6 Å². The molecule has 1 N–H and O–H groups in total. The van der Waals surface area contributed by atoms with Crippen molar-refractivity contribution >= 4 is 28.8 Å². The lowest BCUT2D eigenvalue weighted by molar-refractivity contribution is -0.121. The SMILES string of the molecule is O=C(CCc1nnc(-c2ccsc2)o1)NCc1ccc(N2CCCC2=O)cc1. The summed E-state index contributed by atoms with van der Waals surface area (Å²) in [5.74, 6) is 1.03. The second kappa shape index (κ2) is 8.35. The Labute approximate surface area is 166 Å². The molecule has 3 heterocycles. The molecule has 0 atom stereocenters. The maximum Gasteiger partial charge on any atom is 0.248 e. The zero-order chi connectivity index (χ0) is 19.3. The Kier molecular flexibility index (Phi) is 5.48. The minimum absolute atomic E-state index is 0.0749. The summed E-state index contributed by atoms with van der Waals surface area (Å²) in [7, 11) is 0. The molecule has 144 valence electrons. The number of amides is 2. The summed E-state index contributed by atoms with van der Waals surface area (Å²) in [4.78, 5) is 25.7. The van der Waals surface area contributed by atoms with Crippen LogP contribution in [0.2, 0.25) is 0 Å². The molecule has 1 aliphatic heterocycles. The van der Waals surface area contributed by atoms with Gasteiger partial charge < -0.3 is 14.6 Å². The van der Waals surface area contributed by atoms with Gasteiger partial charge in [0.05, 0.1) is 0 Å². The summed E-state index contributed by atoms with van der Waals surface area (Å²) < 4.78 is 5.58. The summed E-state index contributed by atoms with van der Waals surface area (Å²) in [6.45, 7) is 1.22. The van der Waals surface area contributed by atoms with E-state index >= 15 is 0 Å². The first-order chi connectivity index (χ1) is 13.7. The van der Waals surface area contributed by atoms with E-state index < -0.39 is 0 Å². The van der Waals surface area contributed by atoms with Crippen LogP contribution < -0.4 is 10.2 Å². The van der Waals surface area contributed by atoms with Gasteiger partial charge in [-0.2, -0.15) is 11.3 Å². The maximum atomic E-state index is 12.1. The number of anilines is 1. The van der Waals surface area contributed by atoms with Gasteiger partial charge in [-0.1, -0.05) is 12.1 Å². The number of carbonyl (C=O) groups is 2. The Morgan fingerprint density at radius 1 is 1.21 bits per heavy atom. The lowest BCUT2D eigenvalue weighted by Gasteiger charge is -2.16. The van der Waals surface area contributed by atoms with Gasteiger partial charge >= 0.3 is 0 Å². The molecule has 28 heavy (non-hydrogen) atoms. The van der Waals surface area contributed by atoms with Crippen LogP contribution in [0.25, 0.3) is 11.5 Å². The number of nitrogens with one attached hydrogen (secondary N) is 1. The van der Waals surface area contributed by atoms with Gasteiger partial charge in [0.1, 0.15) is 0 Å². The fourth-order valence-corrected chi connectivity index (χ4v) is 3.71. The van der Waals surface area contributed by atoms with Gasteiger partial charge in [-0.05, 0) is 35.6 Å². The summed E-state index contributed by atoms with van der Waals surface area (Å²) in [6.07, 6.45) is 2.21. The lowest BCUT2D eigenvalue weighted by atomic mass is 10.2. The average Bonchev–Trinajstić information content (AvgIpc) is 3.46. The monoisotopic (exact) mass is 396 g/mol. The third-order valence-electron chi connectivity index (χ3n) is 4.61. The van der Waals surface area contributed by atoms with Crippen LogP contribution in [0.4, 0.5) is 5.69 Å². The van der Waals surface area contributed by atoms with Gasteiger partial charge in [0.15, 0.2) is 0 Å². The van der Waals surface area contributed by atoms with Gasteiger partial charge in [0.2, 0.25) is 23.6 Å². The van der Waals surface area contributed by atoms with Crippen LogP contribution in [0.15, 0.2) is 45.5 Å². The van der Waals surface area contributed by atoms with Gasteiger partial charge in [0, 0.05) is 49.0 Å². The summed E-state index contributed by atoms with van der Waals surface area (Å²) >= 11 is 1.56. The Morgan fingerprint density at radius 2 is 2.07 bits per heavy atom. The topological polar surface area (TPSA) is 88.3 Å². The number of rotatable bonds is 7. The van der Waals surface area contributed by atoms with Crippen molar-refractivity contribution in [2.45, 2.75) is 32.2 Å². The van der Waals surface area contributed by atoms with E-state index in [9.17, 15) is 9.59 Å². The zero-order valence-corrected chi connectivity index (χ0v) is 16.1. The number of benzene rings is 1. The second-order valence-electron chi connectivity index (χ2n) is 6.61. The van der Waals surface area contributed by atoms with Crippen molar-refractivity contribution in [2.75, 3.05) is 11.4 Å². The number of aryl methyl sites for hydroxylation is 1. The highest BCUT2D eigenvalue weighted by molar-refractivity contribution is 7.08. The van der Waals surface area contributed by atoms with Crippen LogP contribution in [0.1, 0.15) is 30.7 Å². The first kappa shape index (κ1) is 18.4. The largest absolute Gasteiger partial charge is 0.421 e. The number of aromatic nitrogens is 2. The standard InChI is InChI=1S/C20H20N4O3S/c25-17(7-8-18-22-23-20(27-18)15-9-11-28-13-15)21-12-14-3-5-16(6-4-14)24-10-1-2-19(24)26/h3-6,9,11,13H,1-2,7-8,10,12H2,(H,21,25). The molecule has 0 aliphatic carbocycles. The molecule has 0 radical (unpaired) electrons. The first-order valence-electron chi connectivity index (χ1n) is 9.20. The zero-order valence-electron chi connectivity index (χ0n) is 15.3. The fourth-order valence-electron chi connectivity index (χ4n) is 3.08. The quantitative estimate of drug-likeness (QED) is 0.663. The Hall–Kier alpha value is -3.00. The molecule has 0 saturated carbocycles. The molecular weight excluding hydrogens is 376 g/mol. The Morgan fingerprint density at radius 3 is 2.79 bits per heavy atom. The molecule has 0 bridgehead atoms. The lowest BCUT2D eigenvalue weighted by Crippen LogP contribution is -2.24. The Balaban J connectivity index is 1.24. The third kappa shape index (κ3) is 4.28. The average molecular weight is 396 g/mol. The number of hydrogen-bond acceptors (Lipinski definition) is 6. The maximum absolute atomic E-state index is 12.1. The summed E-state index contributed by atoms with van der Waals surface area (Å²) in [5, 5.41) is 14.8. The van der Waals surface area contributed by atoms with E-state index in [0.717, 1.165) is 29.8 Å². The van der Waals surface area contributed by atoms with Crippen LogP contribution in [0, 0.1) is 0 Å². The smallest absolute Gasteiger partial charge is 0.248 e. The number of thiophene rings is 1. The predicted octanol–water partition coefficient (Wildman–Crippen LogP) is 3.17. The van der Waals surface area contributed by atoms with Crippen molar-refractivity contribution in [2.24, 2.45) is 0 Å². The van der Waals surface area contributed by atoms with Crippen molar-refractivity contribution in [1.82, 2.24) is 15.5 Å². The van der Waals surface area contributed by atoms with E-state index in [0.29, 0.717) is 31.2 Å².